The van der Waals surface area contributed by atoms with Gasteiger partial charge in [0.05, 0.1) is 0 Å². The Balaban J connectivity index is 2.69. The third-order valence-electron chi connectivity index (χ3n) is 4.90. The number of hydrogen-bond acceptors (Lipinski definition) is 6. The van der Waals surface area contributed by atoms with Crippen LogP contribution in [-0.4, -0.2) is 12.2 Å². The van der Waals surface area contributed by atoms with Crippen LogP contribution in [0.25, 0.3) is 0 Å². The molecule has 1 aromatic rings. The van der Waals surface area contributed by atoms with Crippen LogP contribution in [0, 0.1) is 0 Å². The van der Waals surface area contributed by atoms with Crippen LogP contribution in [-0.2, 0) is 46.4 Å². The van der Waals surface area contributed by atoms with E-state index < -0.39 is 52.7 Å². The maximum absolute atomic E-state index is 12.4. The van der Waals surface area contributed by atoms with Gasteiger partial charge in [-0.05, 0) is 0 Å². The van der Waals surface area contributed by atoms with Crippen molar-refractivity contribution < 1.29 is 55.8 Å². The topological polar surface area (TPSA) is 86.7 Å². The fraction of sp³-hybridized carbons (Fsp3) is 0.700. The number of hydrogen-bond donors (Lipinski definition) is 0. The van der Waals surface area contributed by atoms with E-state index in [-0.39, 0.29) is 9.45 Å². The average molecular weight is 466 g/mol. The Morgan fingerprint density at radius 1 is 0.679 bits per heavy atom. The van der Waals surface area contributed by atoms with Crippen molar-refractivity contribution >= 4 is 0 Å². The van der Waals surface area contributed by atoms with E-state index in [4.69, 9.17) is 9.47 Å². The van der Waals surface area contributed by atoms with E-state index in [0.717, 1.165) is 0 Å². The van der Waals surface area contributed by atoms with Gasteiger partial charge < -0.3 is 0 Å². The van der Waals surface area contributed by atoms with Gasteiger partial charge in [0.1, 0.15) is 0 Å². The quantitative estimate of drug-likeness (QED) is 0.425. The van der Waals surface area contributed by atoms with Crippen LogP contribution < -0.4 is 9.47 Å². The molecule has 0 N–H and O–H groups in total. The molecule has 1 aromatic carbocycles. The van der Waals surface area contributed by atoms with Crippen LogP contribution >= 0.6 is 0 Å². The summed E-state index contributed by atoms with van der Waals surface area (Å²) in [5, 5.41) is 0. The molecule has 6 nitrogen and oxygen atoms in total. The molecule has 0 heterocycles. The molecule has 8 heteroatoms. The van der Waals surface area contributed by atoms with Gasteiger partial charge in [0.2, 0.25) is 0 Å². The summed E-state index contributed by atoms with van der Waals surface area (Å²) in [6, 6.07) is 6.80. The Hall–Kier alpha value is -0.551. The van der Waals surface area contributed by atoms with Gasteiger partial charge in [-0.2, -0.15) is 0 Å². The van der Waals surface area contributed by atoms with Gasteiger partial charge >= 0.3 is 176 Å². The van der Waals surface area contributed by atoms with Crippen molar-refractivity contribution in [2.45, 2.75) is 84.5 Å². The second-order valence-corrected chi connectivity index (χ2v) is 20.4. The van der Waals surface area contributed by atoms with E-state index in [9.17, 15) is 13.3 Å². The monoisotopic (exact) mass is 466 g/mol. The standard InChI is InChI=1S/C12H16O2.2C4H9.4O.2Ti/c1-9(2)13-11-5-7-12(8-6-11)14-10(3)4;2*1-4(2)3;;;;;;/h5-10H,1,3H2,2,4H3;2*1-3H3;;;;;;. The Morgan fingerprint density at radius 3 is 1.14 bits per heavy atom. The summed E-state index contributed by atoms with van der Waals surface area (Å²) >= 11 is -8.88. The van der Waals surface area contributed by atoms with Gasteiger partial charge in [0.15, 0.2) is 0 Å². The van der Waals surface area contributed by atoms with E-state index in [0.29, 0.717) is 11.5 Å². The van der Waals surface area contributed by atoms with Crippen molar-refractivity contribution in [3.63, 3.8) is 0 Å². The van der Waals surface area contributed by atoms with Gasteiger partial charge in [-0.15, -0.1) is 0 Å². The molecule has 0 saturated carbocycles. The van der Waals surface area contributed by atoms with Gasteiger partial charge in [-0.25, -0.2) is 0 Å². The van der Waals surface area contributed by atoms with Crippen molar-refractivity contribution in [2.75, 3.05) is 0 Å². The first kappa shape index (κ1) is 25.5. The summed E-state index contributed by atoms with van der Waals surface area (Å²) in [5.74, 6) is 1.10. The summed E-state index contributed by atoms with van der Waals surface area (Å²) in [6.45, 7) is 13.8. The Labute approximate surface area is 175 Å². The molecule has 0 bridgehead atoms. The molecular weight excluding hydrogens is 432 g/mol. The number of ether oxygens (including phenoxy) is 2. The summed E-state index contributed by atoms with van der Waals surface area (Å²) < 4.78 is 59.6. The molecule has 0 saturated heterocycles. The molecule has 0 aliphatic rings. The third-order valence-corrected chi connectivity index (χ3v) is 15.5. The summed E-state index contributed by atoms with van der Waals surface area (Å²) in [5.41, 5.74) is 0. The van der Waals surface area contributed by atoms with E-state index in [1.165, 1.54) is 0 Å². The molecule has 158 valence electrons. The Morgan fingerprint density at radius 2 is 0.929 bits per heavy atom. The van der Waals surface area contributed by atoms with Crippen LogP contribution in [0.1, 0.15) is 55.4 Å². The molecule has 1 rings (SSSR count). The van der Waals surface area contributed by atoms with Gasteiger partial charge in [-0.3, -0.25) is 0 Å². The molecular formula is C20H34O6Ti2. The van der Waals surface area contributed by atoms with Gasteiger partial charge in [0, 0.05) is 0 Å². The minimum absolute atomic E-state index is 0.0346. The minimum atomic E-state index is -4.44. The van der Waals surface area contributed by atoms with Gasteiger partial charge in [-0.1, -0.05) is 0 Å². The molecule has 0 radical (unpaired) electrons. The molecule has 28 heavy (non-hydrogen) atoms. The van der Waals surface area contributed by atoms with E-state index >= 15 is 0 Å². The number of benzene rings is 1. The normalized spacial score (nSPS) is 14.6. The first-order valence-electron chi connectivity index (χ1n) is 9.70. The van der Waals surface area contributed by atoms with Crippen LogP contribution in [0.15, 0.2) is 24.3 Å². The average Bonchev–Trinajstić information content (AvgIpc) is 2.45. The number of rotatable bonds is 8. The maximum atomic E-state index is 12.4. The van der Waals surface area contributed by atoms with Crippen molar-refractivity contribution in [3.05, 3.63) is 24.3 Å². The van der Waals surface area contributed by atoms with Crippen molar-refractivity contribution in [3.8, 4) is 11.5 Å². The molecule has 0 aromatic heterocycles. The molecule has 0 aliphatic heterocycles. The predicted octanol–water partition coefficient (Wildman–Crippen LogP) is 6.18. The molecule has 0 fully saturated rings. The van der Waals surface area contributed by atoms with Crippen LogP contribution in [0.3, 0.4) is 0 Å². The molecule has 0 amide bonds. The molecule has 0 spiro atoms. The predicted molar refractivity (Wildman–Crippen MR) is 98.4 cm³/mol. The molecule has 2 atom stereocenters. The zero-order valence-corrected chi connectivity index (χ0v) is 21.5. The summed E-state index contributed by atoms with van der Waals surface area (Å²) in [6.07, 6.45) is -0.886. The second-order valence-electron chi connectivity index (χ2n) is 9.74. The van der Waals surface area contributed by atoms with Crippen LogP contribution in [0.4, 0.5) is 0 Å². The summed E-state index contributed by atoms with van der Waals surface area (Å²) in [4.78, 5) is 0. The third kappa shape index (κ3) is 7.36. The fourth-order valence-corrected chi connectivity index (χ4v) is 7.05. The fourth-order valence-electron chi connectivity index (χ4n) is 2.51. The van der Waals surface area contributed by atoms with E-state index in [1.807, 2.05) is 0 Å². The van der Waals surface area contributed by atoms with Crippen LogP contribution in [0.5, 0.6) is 11.5 Å². The Bertz CT molecular complexity index is 768. The van der Waals surface area contributed by atoms with Crippen molar-refractivity contribution in [1.82, 2.24) is 0 Å². The Kier molecular flexibility index (Phi) is 8.26. The summed E-state index contributed by atoms with van der Waals surface area (Å²) in [7, 11) is 0. The second kappa shape index (κ2) is 9.07. The zero-order valence-electron chi connectivity index (χ0n) is 18.3. The van der Waals surface area contributed by atoms with Crippen LogP contribution in [0.2, 0.25) is 16.9 Å². The van der Waals surface area contributed by atoms with Gasteiger partial charge in [0.25, 0.3) is 0 Å². The molecule has 0 aliphatic carbocycles. The first-order chi connectivity index (χ1) is 12.4. The van der Waals surface area contributed by atoms with Crippen molar-refractivity contribution in [2.24, 2.45) is 0 Å². The van der Waals surface area contributed by atoms with Crippen molar-refractivity contribution in [1.29, 1.82) is 0 Å². The molecule has 2 unspecified atom stereocenters. The van der Waals surface area contributed by atoms with E-state index in [2.05, 4.69) is 0 Å². The zero-order chi connectivity index (χ0) is 22.0. The van der Waals surface area contributed by atoms with E-state index in [1.54, 1.807) is 79.7 Å². The SMILES string of the molecule is CC([CH2][Ti](=[O])(=[O])[C](C)(C)C)Oc1ccc(OC(C)[CH2][Ti](=[O])(=[O])[C](C)(C)C)cc1. The first-order valence-corrected chi connectivity index (χ1v) is 16.0.